The topological polar surface area (TPSA) is 12.9 Å². The predicted octanol–water partition coefficient (Wildman–Crippen LogP) is 3.20. The number of aromatic nitrogens is 1. The molecule has 0 unspecified atom stereocenters. The highest BCUT2D eigenvalue weighted by molar-refractivity contribution is 5.45. The molecule has 1 rings (SSSR count). The molecule has 1 aromatic heterocycles. The third-order valence-electron chi connectivity index (χ3n) is 1.65. The number of hydrogen-bond acceptors (Lipinski definition) is 1. The van der Waals surface area contributed by atoms with E-state index in [0.29, 0.717) is 11.6 Å². The van der Waals surface area contributed by atoms with Gasteiger partial charge in [0.05, 0.1) is 5.69 Å². The van der Waals surface area contributed by atoms with E-state index in [-0.39, 0.29) is 5.82 Å². The molecule has 0 saturated heterocycles. The monoisotopic (exact) mass is 179 g/mol. The number of nitrogens with zero attached hydrogens (tertiary/aromatic N) is 1. The molecular formula is C11H14FN. The maximum atomic E-state index is 13.2. The molecular weight excluding hydrogens is 165 g/mol. The van der Waals surface area contributed by atoms with E-state index >= 15 is 0 Å². The SMILES string of the molecule is Cc1cnc(/C=C/C(C)C)c(F)c1. The molecule has 1 aromatic rings. The van der Waals surface area contributed by atoms with Gasteiger partial charge in [0.25, 0.3) is 0 Å². The van der Waals surface area contributed by atoms with Gasteiger partial charge in [0.2, 0.25) is 0 Å². The number of pyridine rings is 1. The average Bonchev–Trinajstić information content (AvgIpc) is 2.02. The standard InChI is InChI=1S/C11H14FN/c1-8(2)4-5-11-10(12)6-9(3)7-13-11/h4-8H,1-3H3/b5-4+. The maximum Gasteiger partial charge on any atom is 0.149 e. The van der Waals surface area contributed by atoms with Crippen LogP contribution in [0.15, 0.2) is 18.3 Å². The van der Waals surface area contributed by atoms with Gasteiger partial charge in [0.15, 0.2) is 0 Å². The van der Waals surface area contributed by atoms with Crippen LogP contribution in [0.25, 0.3) is 6.08 Å². The van der Waals surface area contributed by atoms with E-state index in [4.69, 9.17) is 0 Å². The van der Waals surface area contributed by atoms with E-state index in [2.05, 4.69) is 4.98 Å². The Morgan fingerprint density at radius 3 is 2.69 bits per heavy atom. The van der Waals surface area contributed by atoms with E-state index in [0.717, 1.165) is 5.56 Å². The number of hydrogen-bond donors (Lipinski definition) is 0. The van der Waals surface area contributed by atoms with Crippen LogP contribution in [0.3, 0.4) is 0 Å². The van der Waals surface area contributed by atoms with Crippen molar-refractivity contribution in [3.63, 3.8) is 0 Å². The number of halogens is 1. The van der Waals surface area contributed by atoms with Crippen molar-refractivity contribution >= 4 is 6.08 Å². The van der Waals surface area contributed by atoms with Crippen molar-refractivity contribution in [1.82, 2.24) is 4.98 Å². The molecule has 0 aliphatic rings. The summed E-state index contributed by atoms with van der Waals surface area (Å²) in [7, 11) is 0. The van der Waals surface area contributed by atoms with Crippen LogP contribution in [0.5, 0.6) is 0 Å². The van der Waals surface area contributed by atoms with Crippen LogP contribution in [0, 0.1) is 18.7 Å². The van der Waals surface area contributed by atoms with Crippen molar-refractivity contribution in [2.24, 2.45) is 5.92 Å². The molecule has 0 spiro atoms. The minimum absolute atomic E-state index is 0.253. The second-order valence-corrected chi connectivity index (χ2v) is 3.48. The summed E-state index contributed by atoms with van der Waals surface area (Å²) in [5, 5.41) is 0. The Hall–Kier alpha value is -1.18. The first kappa shape index (κ1) is 9.90. The fraction of sp³-hybridized carbons (Fsp3) is 0.364. The molecule has 0 radical (unpaired) electrons. The largest absolute Gasteiger partial charge is 0.254 e. The highest BCUT2D eigenvalue weighted by Gasteiger charge is 1.99. The molecule has 0 aromatic carbocycles. The molecule has 0 N–H and O–H groups in total. The minimum atomic E-state index is -0.253. The maximum absolute atomic E-state index is 13.2. The normalized spacial score (nSPS) is 11.5. The van der Waals surface area contributed by atoms with E-state index in [1.165, 1.54) is 6.07 Å². The van der Waals surface area contributed by atoms with Crippen LogP contribution < -0.4 is 0 Å². The Morgan fingerprint density at radius 1 is 1.46 bits per heavy atom. The van der Waals surface area contributed by atoms with Crippen LogP contribution in [0.2, 0.25) is 0 Å². The first-order valence-electron chi connectivity index (χ1n) is 4.40. The smallest absolute Gasteiger partial charge is 0.149 e. The minimum Gasteiger partial charge on any atom is -0.254 e. The van der Waals surface area contributed by atoms with Crippen LogP contribution in [-0.2, 0) is 0 Å². The van der Waals surface area contributed by atoms with E-state index < -0.39 is 0 Å². The zero-order chi connectivity index (χ0) is 9.84. The number of allylic oxidation sites excluding steroid dienone is 1. The van der Waals surface area contributed by atoms with Crippen molar-refractivity contribution in [2.75, 3.05) is 0 Å². The summed E-state index contributed by atoms with van der Waals surface area (Å²) in [6, 6.07) is 1.49. The fourth-order valence-corrected chi connectivity index (χ4v) is 0.950. The summed E-state index contributed by atoms with van der Waals surface area (Å²) < 4.78 is 13.2. The van der Waals surface area contributed by atoms with E-state index in [1.807, 2.05) is 26.8 Å². The second-order valence-electron chi connectivity index (χ2n) is 3.48. The first-order valence-corrected chi connectivity index (χ1v) is 4.40. The Morgan fingerprint density at radius 2 is 2.15 bits per heavy atom. The third-order valence-corrected chi connectivity index (χ3v) is 1.65. The van der Waals surface area contributed by atoms with Gasteiger partial charge in [0, 0.05) is 6.20 Å². The molecule has 0 aliphatic heterocycles. The van der Waals surface area contributed by atoms with Crippen LogP contribution in [0.1, 0.15) is 25.1 Å². The van der Waals surface area contributed by atoms with E-state index in [9.17, 15) is 4.39 Å². The van der Waals surface area contributed by atoms with Gasteiger partial charge >= 0.3 is 0 Å². The van der Waals surface area contributed by atoms with E-state index in [1.54, 1.807) is 12.3 Å². The first-order chi connectivity index (χ1) is 6.09. The Balaban J connectivity index is 2.90. The van der Waals surface area contributed by atoms with Crippen molar-refractivity contribution in [3.05, 3.63) is 35.4 Å². The molecule has 70 valence electrons. The molecule has 0 atom stereocenters. The summed E-state index contributed by atoms with van der Waals surface area (Å²) in [4.78, 5) is 3.99. The lowest BCUT2D eigenvalue weighted by Crippen LogP contribution is -1.89. The van der Waals surface area contributed by atoms with Crippen LogP contribution in [-0.4, -0.2) is 4.98 Å². The molecule has 0 amide bonds. The van der Waals surface area contributed by atoms with Gasteiger partial charge in [-0.3, -0.25) is 4.98 Å². The highest BCUT2D eigenvalue weighted by atomic mass is 19.1. The molecule has 2 heteroatoms. The predicted molar refractivity (Wildman–Crippen MR) is 52.8 cm³/mol. The zero-order valence-electron chi connectivity index (χ0n) is 8.21. The molecule has 0 saturated carbocycles. The molecule has 0 fully saturated rings. The van der Waals surface area contributed by atoms with Gasteiger partial charge in [-0.2, -0.15) is 0 Å². The van der Waals surface area contributed by atoms with Gasteiger partial charge in [-0.05, 0) is 30.5 Å². The van der Waals surface area contributed by atoms with Gasteiger partial charge < -0.3 is 0 Å². The van der Waals surface area contributed by atoms with Crippen molar-refractivity contribution < 1.29 is 4.39 Å². The van der Waals surface area contributed by atoms with Gasteiger partial charge in [-0.1, -0.05) is 19.9 Å². The Labute approximate surface area is 78.3 Å². The third kappa shape index (κ3) is 2.98. The fourth-order valence-electron chi connectivity index (χ4n) is 0.950. The molecule has 1 nitrogen and oxygen atoms in total. The van der Waals surface area contributed by atoms with Gasteiger partial charge in [-0.25, -0.2) is 4.39 Å². The number of rotatable bonds is 2. The Kier molecular flexibility index (Phi) is 3.18. The van der Waals surface area contributed by atoms with Crippen molar-refractivity contribution in [3.8, 4) is 0 Å². The second kappa shape index (κ2) is 4.17. The summed E-state index contributed by atoms with van der Waals surface area (Å²) in [6.07, 6.45) is 5.32. The summed E-state index contributed by atoms with van der Waals surface area (Å²) >= 11 is 0. The quantitative estimate of drug-likeness (QED) is 0.679. The molecule has 0 bridgehead atoms. The lowest BCUT2D eigenvalue weighted by atomic mass is 10.2. The van der Waals surface area contributed by atoms with Crippen LogP contribution in [0.4, 0.5) is 4.39 Å². The molecule has 13 heavy (non-hydrogen) atoms. The number of aryl methyl sites for hydroxylation is 1. The Bertz CT molecular complexity index is 316. The average molecular weight is 179 g/mol. The highest BCUT2D eigenvalue weighted by Crippen LogP contribution is 2.09. The zero-order valence-corrected chi connectivity index (χ0v) is 8.21. The summed E-state index contributed by atoms with van der Waals surface area (Å²) in [5.41, 5.74) is 1.26. The lowest BCUT2D eigenvalue weighted by Gasteiger charge is -1.98. The molecule has 0 aliphatic carbocycles. The van der Waals surface area contributed by atoms with Gasteiger partial charge in [0.1, 0.15) is 5.82 Å². The summed E-state index contributed by atoms with van der Waals surface area (Å²) in [5.74, 6) is 0.166. The molecule has 1 heterocycles. The lowest BCUT2D eigenvalue weighted by molar-refractivity contribution is 0.616. The summed E-state index contributed by atoms with van der Waals surface area (Å²) in [6.45, 7) is 5.91. The van der Waals surface area contributed by atoms with Crippen LogP contribution >= 0.6 is 0 Å². The van der Waals surface area contributed by atoms with Crippen molar-refractivity contribution in [2.45, 2.75) is 20.8 Å². The van der Waals surface area contributed by atoms with Crippen molar-refractivity contribution in [1.29, 1.82) is 0 Å². The van der Waals surface area contributed by atoms with Gasteiger partial charge in [-0.15, -0.1) is 0 Å².